The van der Waals surface area contributed by atoms with Crippen molar-refractivity contribution in [2.75, 3.05) is 0 Å². The van der Waals surface area contributed by atoms with Gasteiger partial charge in [-0.25, -0.2) is 0 Å². The Morgan fingerprint density at radius 1 is 1.14 bits per heavy atom. The summed E-state index contributed by atoms with van der Waals surface area (Å²) in [5.41, 5.74) is 2.59. The lowest BCUT2D eigenvalue weighted by molar-refractivity contribution is 0.0939. The predicted molar refractivity (Wildman–Crippen MR) is 88.0 cm³/mol. The summed E-state index contributed by atoms with van der Waals surface area (Å²) in [4.78, 5) is 12.3. The van der Waals surface area contributed by atoms with Crippen molar-refractivity contribution in [3.63, 3.8) is 0 Å². The Kier molecular flexibility index (Phi) is 3.96. The van der Waals surface area contributed by atoms with Crippen LogP contribution in [0, 0.1) is 6.92 Å². The van der Waals surface area contributed by atoms with Gasteiger partial charge in [0.25, 0.3) is 5.91 Å². The summed E-state index contributed by atoms with van der Waals surface area (Å²) in [6.07, 6.45) is 0.673. The van der Waals surface area contributed by atoms with Gasteiger partial charge in [-0.05, 0) is 37.6 Å². The Bertz CT molecular complexity index is 771. The highest BCUT2D eigenvalue weighted by molar-refractivity contribution is 5.95. The molecule has 22 heavy (non-hydrogen) atoms. The molecule has 0 bridgehead atoms. The van der Waals surface area contributed by atoms with E-state index < -0.39 is 0 Å². The molecule has 3 heteroatoms. The maximum absolute atomic E-state index is 12.3. The molecule has 1 heterocycles. The average molecular weight is 293 g/mol. The van der Waals surface area contributed by atoms with E-state index in [4.69, 9.17) is 4.42 Å². The summed E-state index contributed by atoms with van der Waals surface area (Å²) in [6, 6.07) is 17.6. The maximum atomic E-state index is 12.3. The van der Waals surface area contributed by atoms with Crippen LogP contribution >= 0.6 is 0 Å². The molecular weight excluding hydrogens is 274 g/mol. The lowest BCUT2D eigenvalue weighted by atomic mass is 10.1. The van der Waals surface area contributed by atoms with Crippen LogP contribution in [0.15, 0.2) is 59.0 Å². The molecule has 0 aliphatic rings. The van der Waals surface area contributed by atoms with E-state index >= 15 is 0 Å². The van der Waals surface area contributed by atoms with Crippen LogP contribution in [0.5, 0.6) is 0 Å². The molecule has 112 valence electrons. The van der Waals surface area contributed by atoms with Crippen molar-refractivity contribution in [3.05, 3.63) is 71.5 Å². The van der Waals surface area contributed by atoms with Crippen molar-refractivity contribution in [2.24, 2.45) is 0 Å². The van der Waals surface area contributed by atoms with Crippen LogP contribution in [0.1, 0.15) is 28.6 Å². The lowest BCUT2D eigenvalue weighted by Crippen LogP contribution is -2.34. The van der Waals surface area contributed by atoms with Crippen molar-refractivity contribution < 1.29 is 9.21 Å². The first-order valence-corrected chi connectivity index (χ1v) is 7.47. The fraction of sp³-hybridized carbons (Fsp3) is 0.211. The van der Waals surface area contributed by atoms with Crippen molar-refractivity contribution in [2.45, 2.75) is 26.3 Å². The second-order valence-electron chi connectivity index (χ2n) is 5.64. The van der Waals surface area contributed by atoms with Crippen LogP contribution in [0.2, 0.25) is 0 Å². The molecule has 0 spiro atoms. The molecular formula is C19H19NO2. The van der Waals surface area contributed by atoms with Crippen LogP contribution in [-0.4, -0.2) is 11.9 Å². The highest BCUT2D eigenvalue weighted by Crippen LogP contribution is 2.20. The van der Waals surface area contributed by atoms with E-state index in [1.807, 2.05) is 68.4 Å². The van der Waals surface area contributed by atoms with Gasteiger partial charge in [0.05, 0.1) is 0 Å². The zero-order valence-electron chi connectivity index (χ0n) is 12.8. The van der Waals surface area contributed by atoms with Crippen molar-refractivity contribution in [3.8, 4) is 0 Å². The molecule has 2 aromatic carbocycles. The molecule has 0 fully saturated rings. The highest BCUT2D eigenvalue weighted by Gasteiger charge is 2.13. The topological polar surface area (TPSA) is 42.2 Å². The molecule has 1 aromatic heterocycles. The first-order valence-electron chi connectivity index (χ1n) is 7.47. The van der Waals surface area contributed by atoms with Gasteiger partial charge in [0, 0.05) is 23.4 Å². The number of nitrogens with one attached hydrogen (secondary N) is 1. The Hall–Kier alpha value is -2.55. The summed E-state index contributed by atoms with van der Waals surface area (Å²) >= 11 is 0. The standard InChI is InChI=1S/C19H19NO2/c1-13-7-3-5-9-17(13)19(21)20-14(2)11-16-12-15-8-4-6-10-18(15)22-16/h3-10,12,14H,11H2,1-2H3,(H,20,21). The van der Waals surface area contributed by atoms with Gasteiger partial charge in [-0.1, -0.05) is 36.4 Å². The molecule has 1 N–H and O–H groups in total. The number of carbonyl (C=O) groups is 1. The van der Waals surface area contributed by atoms with Crippen molar-refractivity contribution >= 4 is 16.9 Å². The van der Waals surface area contributed by atoms with E-state index in [2.05, 4.69) is 5.32 Å². The molecule has 1 unspecified atom stereocenters. The van der Waals surface area contributed by atoms with Gasteiger partial charge < -0.3 is 9.73 Å². The fourth-order valence-electron chi connectivity index (χ4n) is 2.62. The minimum Gasteiger partial charge on any atom is -0.461 e. The second kappa shape index (κ2) is 6.06. The summed E-state index contributed by atoms with van der Waals surface area (Å²) in [6.45, 7) is 3.93. The van der Waals surface area contributed by atoms with E-state index in [9.17, 15) is 4.79 Å². The lowest BCUT2D eigenvalue weighted by Gasteiger charge is -2.13. The number of amides is 1. The van der Waals surface area contributed by atoms with E-state index in [1.54, 1.807) is 0 Å². The smallest absolute Gasteiger partial charge is 0.251 e. The Morgan fingerprint density at radius 2 is 1.86 bits per heavy atom. The molecule has 1 atom stereocenters. The van der Waals surface area contributed by atoms with E-state index in [-0.39, 0.29) is 11.9 Å². The predicted octanol–water partition coefficient (Wildman–Crippen LogP) is 4.10. The van der Waals surface area contributed by atoms with Gasteiger partial charge in [-0.15, -0.1) is 0 Å². The monoisotopic (exact) mass is 293 g/mol. The largest absolute Gasteiger partial charge is 0.461 e. The van der Waals surface area contributed by atoms with Gasteiger partial charge in [0.1, 0.15) is 11.3 Å². The van der Waals surface area contributed by atoms with Crippen molar-refractivity contribution in [1.29, 1.82) is 0 Å². The Morgan fingerprint density at radius 3 is 2.64 bits per heavy atom. The molecule has 0 saturated heterocycles. The number of benzene rings is 2. The minimum atomic E-state index is -0.0401. The summed E-state index contributed by atoms with van der Waals surface area (Å²) in [5.74, 6) is 0.848. The summed E-state index contributed by atoms with van der Waals surface area (Å²) in [5, 5.41) is 4.12. The normalized spacial score (nSPS) is 12.3. The molecule has 3 aromatic rings. The number of rotatable bonds is 4. The van der Waals surface area contributed by atoms with Gasteiger partial charge in [-0.3, -0.25) is 4.79 Å². The van der Waals surface area contributed by atoms with Crippen LogP contribution in [0.4, 0.5) is 0 Å². The molecule has 3 nitrogen and oxygen atoms in total. The van der Waals surface area contributed by atoms with Crippen molar-refractivity contribution in [1.82, 2.24) is 5.32 Å². The SMILES string of the molecule is Cc1ccccc1C(=O)NC(C)Cc1cc2ccccc2o1. The summed E-state index contributed by atoms with van der Waals surface area (Å²) in [7, 11) is 0. The zero-order chi connectivity index (χ0) is 15.5. The number of para-hydroxylation sites is 1. The van der Waals surface area contributed by atoms with Crippen LogP contribution in [0.25, 0.3) is 11.0 Å². The van der Waals surface area contributed by atoms with Gasteiger partial charge >= 0.3 is 0 Å². The first-order chi connectivity index (χ1) is 10.6. The molecule has 0 aliphatic carbocycles. The Labute approximate surface area is 130 Å². The minimum absolute atomic E-state index is 0.00710. The third-order valence-corrected chi connectivity index (χ3v) is 3.75. The van der Waals surface area contributed by atoms with Gasteiger partial charge in [0.15, 0.2) is 0 Å². The Balaban J connectivity index is 1.68. The molecule has 0 radical (unpaired) electrons. The quantitative estimate of drug-likeness (QED) is 0.787. The van der Waals surface area contributed by atoms with E-state index in [0.29, 0.717) is 6.42 Å². The van der Waals surface area contributed by atoms with Crippen LogP contribution in [0.3, 0.4) is 0 Å². The second-order valence-corrected chi connectivity index (χ2v) is 5.64. The molecule has 0 saturated carbocycles. The summed E-state index contributed by atoms with van der Waals surface area (Å²) < 4.78 is 5.80. The number of furan rings is 1. The molecule has 1 amide bonds. The number of hydrogen-bond acceptors (Lipinski definition) is 2. The third kappa shape index (κ3) is 3.03. The van der Waals surface area contributed by atoms with E-state index in [0.717, 1.165) is 27.9 Å². The molecule has 3 rings (SSSR count). The average Bonchev–Trinajstić information content (AvgIpc) is 2.89. The van der Waals surface area contributed by atoms with E-state index in [1.165, 1.54) is 0 Å². The zero-order valence-corrected chi connectivity index (χ0v) is 12.8. The third-order valence-electron chi connectivity index (χ3n) is 3.75. The fourth-order valence-corrected chi connectivity index (χ4v) is 2.62. The number of hydrogen-bond donors (Lipinski definition) is 1. The van der Waals surface area contributed by atoms with Gasteiger partial charge in [-0.2, -0.15) is 0 Å². The van der Waals surface area contributed by atoms with Crippen LogP contribution < -0.4 is 5.32 Å². The highest BCUT2D eigenvalue weighted by atomic mass is 16.3. The molecule has 0 aliphatic heterocycles. The maximum Gasteiger partial charge on any atom is 0.251 e. The first kappa shape index (κ1) is 14.4. The van der Waals surface area contributed by atoms with Gasteiger partial charge in [0.2, 0.25) is 0 Å². The number of fused-ring (bicyclic) bond motifs is 1. The number of aryl methyl sites for hydroxylation is 1. The number of carbonyl (C=O) groups excluding carboxylic acids is 1. The van der Waals surface area contributed by atoms with Crippen LogP contribution in [-0.2, 0) is 6.42 Å².